The molecule has 0 N–H and O–H groups in total. The van der Waals surface area contributed by atoms with E-state index in [1.165, 1.54) is 0 Å². The molecule has 8 nitrogen and oxygen atoms in total. The van der Waals surface area contributed by atoms with Gasteiger partial charge in [-0.3, -0.25) is 4.68 Å². The van der Waals surface area contributed by atoms with E-state index in [1.54, 1.807) is 6.20 Å². The maximum Gasteiger partial charge on any atom is 0.253 e. The number of aromatic nitrogens is 5. The minimum Gasteiger partial charge on any atom is -0.418 e. The normalized spacial score (nSPS) is 23.4. The first kappa shape index (κ1) is 14.8. The van der Waals surface area contributed by atoms with Crippen molar-refractivity contribution in [3.05, 3.63) is 35.8 Å². The van der Waals surface area contributed by atoms with Crippen molar-refractivity contribution < 1.29 is 13.7 Å². The zero-order chi connectivity index (χ0) is 16.8. The summed E-state index contributed by atoms with van der Waals surface area (Å²) in [5, 5.41) is 16.9. The van der Waals surface area contributed by atoms with Gasteiger partial charge in [0, 0.05) is 37.4 Å². The van der Waals surface area contributed by atoms with Gasteiger partial charge in [-0.05, 0) is 32.3 Å². The van der Waals surface area contributed by atoms with Crippen molar-refractivity contribution in [3.8, 4) is 11.5 Å². The first-order valence-electron chi connectivity index (χ1n) is 8.68. The van der Waals surface area contributed by atoms with E-state index in [2.05, 4.69) is 20.5 Å². The molecular weight excluding hydrogens is 322 g/mol. The van der Waals surface area contributed by atoms with Gasteiger partial charge in [-0.15, -0.1) is 10.2 Å². The highest BCUT2D eigenvalue weighted by atomic mass is 16.5. The molecule has 0 spiro atoms. The molecule has 0 unspecified atom stereocenters. The first-order chi connectivity index (χ1) is 12.3. The predicted octanol–water partition coefficient (Wildman–Crippen LogP) is 2.88. The monoisotopic (exact) mass is 341 g/mol. The van der Waals surface area contributed by atoms with Crippen molar-refractivity contribution >= 4 is 0 Å². The van der Waals surface area contributed by atoms with Gasteiger partial charge in [0.25, 0.3) is 5.89 Å². The second-order valence-electron chi connectivity index (χ2n) is 6.80. The van der Waals surface area contributed by atoms with Gasteiger partial charge in [0.05, 0.1) is 5.69 Å². The van der Waals surface area contributed by atoms with Crippen LogP contribution in [0, 0.1) is 12.8 Å². The fraction of sp³-hybridized carbons (Fsp3) is 0.529. The lowest BCUT2D eigenvalue weighted by molar-refractivity contribution is 0.0633. The molecule has 1 saturated heterocycles. The minimum absolute atomic E-state index is 0.199. The molecule has 0 aromatic carbocycles. The van der Waals surface area contributed by atoms with Gasteiger partial charge in [0.2, 0.25) is 5.89 Å². The molecule has 5 rings (SSSR count). The van der Waals surface area contributed by atoms with E-state index in [9.17, 15) is 0 Å². The van der Waals surface area contributed by atoms with Crippen LogP contribution in [0.5, 0.6) is 0 Å². The van der Waals surface area contributed by atoms with Crippen molar-refractivity contribution in [2.24, 2.45) is 5.92 Å². The van der Waals surface area contributed by atoms with Crippen LogP contribution in [0.4, 0.5) is 0 Å². The molecule has 1 saturated carbocycles. The molecule has 130 valence electrons. The lowest BCUT2D eigenvalue weighted by Crippen LogP contribution is -2.15. The smallest absolute Gasteiger partial charge is 0.253 e. The summed E-state index contributed by atoms with van der Waals surface area (Å²) in [4.78, 5) is 0. The molecular formula is C17H19N5O3. The number of hydrogen-bond donors (Lipinski definition) is 0. The van der Waals surface area contributed by atoms with Crippen molar-refractivity contribution in [2.75, 3.05) is 6.61 Å². The van der Waals surface area contributed by atoms with Crippen LogP contribution in [0.15, 0.2) is 27.4 Å². The Hall–Kier alpha value is -2.48. The van der Waals surface area contributed by atoms with Crippen molar-refractivity contribution in [2.45, 2.75) is 44.8 Å². The summed E-state index contributed by atoms with van der Waals surface area (Å²) in [5.74, 6) is 2.56. The highest BCUT2D eigenvalue weighted by molar-refractivity contribution is 5.59. The van der Waals surface area contributed by atoms with Gasteiger partial charge >= 0.3 is 0 Å². The standard InChI is InChI=1S/C17H19N5O3/c1-10-13(14(25-21-10)11-3-4-11)16-19-20-17(24-16)15-12(5-8-23-15)9-22-7-2-6-18-22/h2,6-7,11-12,15H,3-5,8-9H2,1H3/t12-,15-/m0/s1. The maximum absolute atomic E-state index is 5.98. The Morgan fingerprint density at radius 3 is 2.96 bits per heavy atom. The third kappa shape index (κ3) is 2.66. The highest BCUT2D eigenvalue weighted by Crippen LogP contribution is 2.45. The van der Waals surface area contributed by atoms with Gasteiger partial charge in [0.15, 0.2) is 5.76 Å². The van der Waals surface area contributed by atoms with E-state index in [0.29, 0.717) is 24.3 Å². The van der Waals surface area contributed by atoms with Gasteiger partial charge in [0.1, 0.15) is 11.7 Å². The lowest BCUT2D eigenvalue weighted by Gasteiger charge is -2.14. The van der Waals surface area contributed by atoms with E-state index < -0.39 is 0 Å². The van der Waals surface area contributed by atoms with Crippen molar-refractivity contribution in [1.29, 1.82) is 0 Å². The summed E-state index contributed by atoms with van der Waals surface area (Å²) in [7, 11) is 0. The Kier molecular flexibility index (Phi) is 3.44. The van der Waals surface area contributed by atoms with Gasteiger partial charge in [-0.1, -0.05) is 5.16 Å². The molecule has 4 heterocycles. The van der Waals surface area contributed by atoms with Crippen molar-refractivity contribution in [3.63, 3.8) is 0 Å². The molecule has 0 radical (unpaired) electrons. The van der Waals surface area contributed by atoms with Gasteiger partial charge in [-0.25, -0.2) is 0 Å². The Morgan fingerprint density at radius 2 is 2.16 bits per heavy atom. The second kappa shape index (κ2) is 5.80. The van der Waals surface area contributed by atoms with Gasteiger partial charge in [-0.2, -0.15) is 5.10 Å². The van der Waals surface area contributed by atoms with Crippen LogP contribution >= 0.6 is 0 Å². The van der Waals surface area contributed by atoms with E-state index in [-0.39, 0.29) is 12.0 Å². The summed E-state index contributed by atoms with van der Waals surface area (Å²) >= 11 is 0. The average molecular weight is 341 g/mol. The third-order valence-corrected chi connectivity index (χ3v) is 4.93. The Bertz CT molecular complexity index is 865. The van der Waals surface area contributed by atoms with E-state index in [1.807, 2.05) is 23.9 Å². The number of ether oxygens (including phenoxy) is 1. The molecule has 2 fully saturated rings. The molecule has 8 heteroatoms. The number of nitrogens with zero attached hydrogens (tertiary/aromatic N) is 5. The number of rotatable bonds is 5. The van der Waals surface area contributed by atoms with E-state index >= 15 is 0 Å². The van der Waals surface area contributed by atoms with Crippen LogP contribution in [0.25, 0.3) is 11.5 Å². The molecule has 1 aliphatic carbocycles. The van der Waals surface area contributed by atoms with Crippen LogP contribution in [0.1, 0.15) is 48.6 Å². The molecule has 25 heavy (non-hydrogen) atoms. The van der Waals surface area contributed by atoms with E-state index in [0.717, 1.165) is 42.8 Å². The first-order valence-corrected chi connectivity index (χ1v) is 8.68. The van der Waals surface area contributed by atoms with Crippen LogP contribution in [0.3, 0.4) is 0 Å². The Balaban J connectivity index is 1.41. The van der Waals surface area contributed by atoms with Gasteiger partial charge < -0.3 is 13.7 Å². The molecule has 2 atom stereocenters. The fourth-order valence-corrected chi connectivity index (χ4v) is 3.46. The van der Waals surface area contributed by atoms with E-state index in [4.69, 9.17) is 13.7 Å². The number of aryl methyl sites for hydroxylation is 1. The van der Waals surface area contributed by atoms with Crippen molar-refractivity contribution in [1.82, 2.24) is 25.1 Å². The molecule has 0 amide bonds. The minimum atomic E-state index is -0.199. The van der Waals surface area contributed by atoms with Crippen LogP contribution in [-0.2, 0) is 11.3 Å². The molecule has 0 bridgehead atoms. The predicted molar refractivity (Wildman–Crippen MR) is 85.5 cm³/mol. The Labute approximate surface area is 144 Å². The largest absolute Gasteiger partial charge is 0.418 e. The third-order valence-electron chi connectivity index (χ3n) is 4.93. The average Bonchev–Trinajstić information content (AvgIpc) is 3.07. The van der Waals surface area contributed by atoms with Crippen LogP contribution in [0.2, 0.25) is 0 Å². The fourth-order valence-electron chi connectivity index (χ4n) is 3.46. The quantitative estimate of drug-likeness (QED) is 0.704. The molecule has 2 aliphatic rings. The SMILES string of the molecule is Cc1noc(C2CC2)c1-c1nnc([C@H]2OCC[C@H]2Cn2cccn2)o1. The molecule has 3 aromatic rings. The second-order valence-corrected chi connectivity index (χ2v) is 6.80. The summed E-state index contributed by atoms with van der Waals surface area (Å²) in [5.41, 5.74) is 1.64. The zero-order valence-electron chi connectivity index (χ0n) is 14.0. The zero-order valence-corrected chi connectivity index (χ0v) is 14.0. The molecule has 1 aliphatic heterocycles. The number of hydrogen-bond acceptors (Lipinski definition) is 7. The summed E-state index contributed by atoms with van der Waals surface area (Å²) in [6.07, 6.45) is 6.73. The summed E-state index contributed by atoms with van der Waals surface area (Å²) < 4.78 is 19.3. The summed E-state index contributed by atoms with van der Waals surface area (Å²) in [6.45, 7) is 3.37. The lowest BCUT2D eigenvalue weighted by atomic mass is 10.0. The van der Waals surface area contributed by atoms with Crippen LogP contribution in [-0.4, -0.2) is 31.7 Å². The Morgan fingerprint density at radius 1 is 1.24 bits per heavy atom. The maximum atomic E-state index is 5.98. The summed E-state index contributed by atoms with van der Waals surface area (Å²) in [6, 6.07) is 1.92. The topological polar surface area (TPSA) is 92.0 Å². The highest BCUT2D eigenvalue weighted by Gasteiger charge is 2.37. The molecule has 3 aromatic heterocycles. The van der Waals surface area contributed by atoms with Crippen LogP contribution < -0.4 is 0 Å².